The Morgan fingerprint density at radius 3 is 2.40 bits per heavy atom. The second kappa shape index (κ2) is 8.64. The Morgan fingerprint density at radius 1 is 1.10 bits per heavy atom. The summed E-state index contributed by atoms with van der Waals surface area (Å²) in [5.41, 5.74) is 2.12. The molecule has 0 unspecified atom stereocenters. The number of unbranched alkanes of at least 4 members (excludes halogenated alkanes) is 3. The summed E-state index contributed by atoms with van der Waals surface area (Å²) in [6.45, 7) is 2.27. The van der Waals surface area contributed by atoms with E-state index in [1.165, 1.54) is 49.2 Å². The highest BCUT2D eigenvalue weighted by atomic mass is 32.2. The normalized spacial score (nSPS) is 22.4. The zero-order valence-corrected chi connectivity index (χ0v) is 13.8. The highest BCUT2D eigenvalue weighted by molar-refractivity contribution is 8.16. The van der Waals surface area contributed by atoms with Gasteiger partial charge in [-0.1, -0.05) is 44.7 Å². The maximum absolute atomic E-state index is 8.83. The van der Waals surface area contributed by atoms with Gasteiger partial charge in [-0.25, -0.2) is 0 Å². The number of hydrogen-bond donors (Lipinski definition) is 0. The second-order valence-corrected chi connectivity index (χ2v) is 8.02. The quantitative estimate of drug-likeness (QED) is 0.637. The van der Waals surface area contributed by atoms with Gasteiger partial charge in [-0.3, -0.25) is 0 Å². The lowest BCUT2D eigenvalue weighted by molar-refractivity contribution is 0.535. The van der Waals surface area contributed by atoms with Crippen LogP contribution in [-0.2, 0) is 0 Å². The average molecular weight is 306 g/mol. The van der Waals surface area contributed by atoms with Gasteiger partial charge in [-0.05, 0) is 41.5 Å². The van der Waals surface area contributed by atoms with Crippen LogP contribution in [0, 0.1) is 17.2 Å². The molecular formula is C17H23NS2. The van der Waals surface area contributed by atoms with E-state index in [2.05, 4.69) is 48.6 Å². The standard InChI is InChI=1S/C17H23NS2/c1-2-3-4-5-6-15-12-19-17(20-13-15)16-9-7-14(11-18)8-10-16/h7-10,15,17H,2-6,12-13H2,1H3. The van der Waals surface area contributed by atoms with E-state index in [1.54, 1.807) is 0 Å². The molecule has 2 rings (SSSR count). The van der Waals surface area contributed by atoms with Gasteiger partial charge in [0.15, 0.2) is 0 Å². The van der Waals surface area contributed by atoms with E-state index in [4.69, 9.17) is 5.26 Å². The number of benzene rings is 1. The number of rotatable bonds is 6. The van der Waals surface area contributed by atoms with Crippen LogP contribution in [-0.4, -0.2) is 11.5 Å². The Labute approximate surface area is 131 Å². The average Bonchev–Trinajstić information content (AvgIpc) is 2.52. The molecule has 1 heterocycles. The lowest BCUT2D eigenvalue weighted by atomic mass is 10.0. The third kappa shape index (κ3) is 4.75. The Hall–Kier alpha value is -0.590. The smallest absolute Gasteiger partial charge is 0.0991 e. The molecule has 1 aliphatic heterocycles. The fraction of sp³-hybridized carbons (Fsp3) is 0.588. The van der Waals surface area contributed by atoms with Gasteiger partial charge < -0.3 is 0 Å². The molecule has 0 aromatic heterocycles. The SMILES string of the molecule is CCCCCCC1CSC(c2ccc(C#N)cc2)SC1. The van der Waals surface area contributed by atoms with Crippen LogP contribution in [0.5, 0.6) is 0 Å². The summed E-state index contributed by atoms with van der Waals surface area (Å²) >= 11 is 4.16. The summed E-state index contributed by atoms with van der Waals surface area (Å²) in [7, 11) is 0. The van der Waals surface area contributed by atoms with Crippen molar-refractivity contribution in [3.8, 4) is 6.07 Å². The molecule has 1 aromatic carbocycles. The molecule has 0 aliphatic carbocycles. The molecule has 108 valence electrons. The Morgan fingerprint density at radius 2 is 1.80 bits per heavy atom. The highest BCUT2D eigenvalue weighted by Crippen LogP contribution is 2.46. The van der Waals surface area contributed by atoms with Gasteiger partial charge in [-0.2, -0.15) is 5.26 Å². The lowest BCUT2D eigenvalue weighted by Crippen LogP contribution is -2.14. The van der Waals surface area contributed by atoms with Crippen molar-refractivity contribution in [3.05, 3.63) is 35.4 Å². The third-order valence-electron chi connectivity index (χ3n) is 3.74. The molecule has 0 amide bonds. The van der Waals surface area contributed by atoms with Crippen LogP contribution in [0.2, 0.25) is 0 Å². The van der Waals surface area contributed by atoms with Gasteiger partial charge in [0, 0.05) is 0 Å². The van der Waals surface area contributed by atoms with Crippen molar-refractivity contribution in [1.82, 2.24) is 0 Å². The summed E-state index contributed by atoms with van der Waals surface area (Å²) in [6.07, 6.45) is 6.93. The molecule has 1 saturated heterocycles. The van der Waals surface area contributed by atoms with Gasteiger partial charge >= 0.3 is 0 Å². The van der Waals surface area contributed by atoms with Gasteiger partial charge in [0.25, 0.3) is 0 Å². The number of nitrogens with zero attached hydrogens (tertiary/aromatic N) is 1. The molecule has 1 fully saturated rings. The lowest BCUT2D eigenvalue weighted by Gasteiger charge is -2.28. The Bertz CT molecular complexity index is 427. The van der Waals surface area contributed by atoms with E-state index in [0.29, 0.717) is 4.58 Å². The van der Waals surface area contributed by atoms with Gasteiger partial charge in [-0.15, -0.1) is 23.5 Å². The summed E-state index contributed by atoms with van der Waals surface area (Å²) in [5, 5.41) is 8.83. The zero-order valence-electron chi connectivity index (χ0n) is 12.2. The molecule has 0 saturated carbocycles. The maximum atomic E-state index is 8.83. The number of nitriles is 1. The van der Waals surface area contributed by atoms with Crippen LogP contribution in [0.25, 0.3) is 0 Å². The minimum Gasteiger partial charge on any atom is -0.192 e. The summed E-state index contributed by atoms with van der Waals surface area (Å²) in [6, 6.07) is 10.3. The number of thioether (sulfide) groups is 2. The molecule has 0 spiro atoms. The van der Waals surface area contributed by atoms with E-state index in [0.717, 1.165) is 11.5 Å². The summed E-state index contributed by atoms with van der Waals surface area (Å²) in [5.74, 6) is 3.49. The van der Waals surface area contributed by atoms with Crippen molar-refractivity contribution in [3.63, 3.8) is 0 Å². The van der Waals surface area contributed by atoms with Crippen LogP contribution in [0.3, 0.4) is 0 Å². The van der Waals surface area contributed by atoms with E-state index in [1.807, 2.05) is 12.1 Å². The van der Waals surface area contributed by atoms with Crippen LogP contribution < -0.4 is 0 Å². The predicted octanol–water partition coefficient (Wildman–Crippen LogP) is 5.62. The van der Waals surface area contributed by atoms with Crippen molar-refractivity contribution >= 4 is 23.5 Å². The van der Waals surface area contributed by atoms with E-state index >= 15 is 0 Å². The van der Waals surface area contributed by atoms with Crippen LogP contribution >= 0.6 is 23.5 Å². The second-order valence-electron chi connectivity index (χ2n) is 5.45. The Kier molecular flexibility index (Phi) is 6.82. The highest BCUT2D eigenvalue weighted by Gasteiger charge is 2.22. The van der Waals surface area contributed by atoms with Gasteiger partial charge in [0.1, 0.15) is 0 Å². The molecule has 1 nitrogen and oxygen atoms in total. The minimum atomic E-state index is 0.564. The first-order valence-corrected chi connectivity index (χ1v) is 9.66. The van der Waals surface area contributed by atoms with Crippen molar-refractivity contribution in [2.45, 2.75) is 43.6 Å². The molecule has 0 bridgehead atoms. The van der Waals surface area contributed by atoms with Crippen LogP contribution in [0.15, 0.2) is 24.3 Å². The molecule has 3 heteroatoms. The molecule has 0 atom stereocenters. The molecule has 1 aromatic rings. The zero-order chi connectivity index (χ0) is 14.2. The van der Waals surface area contributed by atoms with Crippen LogP contribution in [0.4, 0.5) is 0 Å². The first-order chi connectivity index (χ1) is 9.83. The molecule has 0 radical (unpaired) electrons. The summed E-state index contributed by atoms with van der Waals surface area (Å²) in [4.78, 5) is 0. The first-order valence-electron chi connectivity index (χ1n) is 7.56. The third-order valence-corrected chi connectivity index (χ3v) is 7.04. The molecule has 0 N–H and O–H groups in total. The largest absolute Gasteiger partial charge is 0.192 e. The molecule has 20 heavy (non-hydrogen) atoms. The van der Waals surface area contributed by atoms with Gasteiger partial charge in [0.2, 0.25) is 0 Å². The Balaban J connectivity index is 1.74. The van der Waals surface area contributed by atoms with Crippen molar-refractivity contribution in [2.24, 2.45) is 5.92 Å². The predicted molar refractivity (Wildman–Crippen MR) is 91.1 cm³/mol. The van der Waals surface area contributed by atoms with Crippen LogP contribution in [0.1, 0.15) is 54.7 Å². The first kappa shape index (κ1) is 15.8. The van der Waals surface area contributed by atoms with Crippen molar-refractivity contribution in [1.29, 1.82) is 5.26 Å². The topological polar surface area (TPSA) is 23.8 Å². The molecule has 1 aliphatic rings. The van der Waals surface area contributed by atoms with Gasteiger partial charge in [0.05, 0.1) is 16.2 Å². The minimum absolute atomic E-state index is 0.564. The van der Waals surface area contributed by atoms with Crippen molar-refractivity contribution < 1.29 is 0 Å². The fourth-order valence-electron chi connectivity index (χ4n) is 2.48. The number of hydrogen-bond acceptors (Lipinski definition) is 3. The van der Waals surface area contributed by atoms with Crippen molar-refractivity contribution in [2.75, 3.05) is 11.5 Å². The fourth-order valence-corrected chi connectivity index (χ4v) is 5.64. The maximum Gasteiger partial charge on any atom is 0.0991 e. The monoisotopic (exact) mass is 305 g/mol. The van der Waals surface area contributed by atoms with E-state index in [-0.39, 0.29) is 0 Å². The summed E-state index contributed by atoms with van der Waals surface area (Å²) < 4.78 is 0.564. The van der Waals surface area contributed by atoms with E-state index < -0.39 is 0 Å². The molecular weight excluding hydrogens is 282 g/mol. The van der Waals surface area contributed by atoms with E-state index in [9.17, 15) is 0 Å².